The van der Waals surface area contributed by atoms with Crippen LogP contribution in [0.25, 0.3) is 10.9 Å². The maximum absolute atomic E-state index is 6.09. The third-order valence-corrected chi connectivity index (χ3v) is 3.34. The summed E-state index contributed by atoms with van der Waals surface area (Å²) in [5.74, 6) is 0.491. The van der Waals surface area contributed by atoms with Gasteiger partial charge in [0.2, 0.25) is 0 Å². The van der Waals surface area contributed by atoms with Gasteiger partial charge in [-0.15, -0.1) is 0 Å². The molecule has 0 amide bonds. The van der Waals surface area contributed by atoms with E-state index in [0.717, 1.165) is 20.4 Å². The van der Waals surface area contributed by atoms with Gasteiger partial charge < -0.3 is 4.98 Å². The lowest BCUT2D eigenvalue weighted by Crippen LogP contribution is -1.84. The van der Waals surface area contributed by atoms with Crippen molar-refractivity contribution in [3.8, 4) is 0 Å². The quantitative estimate of drug-likeness (QED) is 0.774. The molecule has 0 saturated carbocycles. The summed E-state index contributed by atoms with van der Waals surface area (Å²) >= 11 is 9.61. The van der Waals surface area contributed by atoms with Gasteiger partial charge in [0.25, 0.3) is 0 Å². The lowest BCUT2D eigenvalue weighted by Gasteiger charge is -1.98. The second-order valence-corrected chi connectivity index (χ2v) is 4.96. The monoisotopic (exact) mass is 271 g/mol. The Labute approximate surface area is 96.6 Å². The maximum atomic E-state index is 6.09. The van der Waals surface area contributed by atoms with Gasteiger partial charge in [0, 0.05) is 15.6 Å². The fraction of sp³-hybridized carbons (Fsp3) is 0.273. The van der Waals surface area contributed by atoms with Crippen LogP contribution in [0.15, 0.2) is 22.7 Å². The van der Waals surface area contributed by atoms with E-state index in [0.29, 0.717) is 5.92 Å². The molecule has 0 fully saturated rings. The summed E-state index contributed by atoms with van der Waals surface area (Å²) < 4.78 is 1.08. The summed E-state index contributed by atoms with van der Waals surface area (Å²) in [5.41, 5.74) is 2.23. The first kappa shape index (κ1) is 10.1. The molecule has 1 nitrogen and oxygen atoms in total. The van der Waals surface area contributed by atoms with Crippen molar-refractivity contribution >= 4 is 38.4 Å². The first-order chi connectivity index (χ1) is 6.59. The Hall–Kier alpha value is -0.470. The number of benzene rings is 1. The van der Waals surface area contributed by atoms with Crippen LogP contribution in [-0.4, -0.2) is 4.98 Å². The molecule has 1 N–H and O–H groups in total. The average Bonchev–Trinajstić information content (AvgIpc) is 2.57. The highest BCUT2D eigenvalue weighted by Gasteiger charge is 2.09. The van der Waals surface area contributed by atoms with Gasteiger partial charge in [0.05, 0.1) is 10.5 Å². The summed E-state index contributed by atoms with van der Waals surface area (Å²) in [6.45, 7) is 4.32. The topological polar surface area (TPSA) is 15.8 Å². The fourth-order valence-corrected chi connectivity index (χ4v) is 2.14. The molecule has 0 saturated heterocycles. The molecule has 2 aromatic rings. The van der Waals surface area contributed by atoms with Crippen LogP contribution in [-0.2, 0) is 0 Å². The van der Waals surface area contributed by atoms with Gasteiger partial charge in [-0.1, -0.05) is 41.4 Å². The van der Waals surface area contributed by atoms with E-state index in [-0.39, 0.29) is 0 Å². The number of hydrogen-bond donors (Lipinski definition) is 1. The summed E-state index contributed by atoms with van der Waals surface area (Å²) in [5, 5.41) is 1.93. The molecule has 0 aliphatic heterocycles. The van der Waals surface area contributed by atoms with Gasteiger partial charge in [-0.3, -0.25) is 0 Å². The number of hydrogen-bond acceptors (Lipinski definition) is 0. The van der Waals surface area contributed by atoms with Crippen molar-refractivity contribution in [1.82, 2.24) is 4.98 Å². The molecular formula is C11H11BrClN. The molecule has 1 aromatic carbocycles. The molecule has 0 aliphatic rings. The molecule has 0 radical (unpaired) electrons. The van der Waals surface area contributed by atoms with Gasteiger partial charge in [-0.05, 0) is 24.1 Å². The SMILES string of the molecule is CC(C)c1cc2c(Br)ccc(Cl)c2[nH]1. The van der Waals surface area contributed by atoms with Crippen LogP contribution in [0.3, 0.4) is 0 Å². The number of aromatic nitrogens is 1. The first-order valence-corrected chi connectivity index (χ1v) is 5.73. The van der Waals surface area contributed by atoms with E-state index in [2.05, 4.69) is 40.8 Å². The Morgan fingerprint density at radius 1 is 1.36 bits per heavy atom. The van der Waals surface area contributed by atoms with E-state index in [9.17, 15) is 0 Å². The first-order valence-electron chi connectivity index (χ1n) is 4.56. The van der Waals surface area contributed by atoms with E-state index in [1.807, 2.05) is 12.1 Å². The third kappa shape index (κ3) is 1.57. The van der Waals surface area contributed by atoms with Crippen molar-refractivity contribution < 1.29 is 0 Å². The molecule has 3 heteroatoms. The normalized spacial score (nSPS) is 11.5. The minimum Gasteiger partial charge on any atom is -0.357 e. The Bertz CT molecular complexity index is 434. The number of aromatic amines is 1. The zero-order chi connectivity index (χ0) is 10.3. The second-order valence-electron chi connectivity index (χ2n) is 3.70. The van der Waals surface area contributed by atoms with Crippen molar-refractivity contribution in [3.63, 3.8) is 0 Å². The van der Waals surface area contributed by atoms with Gasteiger partial charge in [-0.2, -0.15) is 0 Å². The maximum Gasteiger partial charge on any atom is 0.0656 e. The highest BCUT2D eigenvalue weighted by Crippen LogP contribution is 2.32. The van der Waals surface area contributed by atoms with E-state index >= 15 is 0 Å². The molecule has 0 spiro atoms. The number of H-pyrrole nitrogens is 1. The number of rotatable bonds is 1. The van der Waals surface area contributed by atoms with Crippen LogP contribution < -0.4 is 0 Å². The van der Waals surface area contributed by atoms with Crippen LogP contribution in [0.4, 0.5) is 0 Å². The number of fused-ring (bicyclic) bond motifs is 1. The zero-order valence-corrected chi connectivity index (χ0v) is 10.4. The summed E-state index contributed by atoms with van der Waals surface area (Å²) in [6, 6.07) is 6.02. The minimum atomic E-state index is 0.491. The molecule has 0 aliphatic carbocycles. The van der Waals surface area contributed by atoms with Crippen molar-refractivity contribution in [1.29, 1.82) is 0 Å². The van der Waals surface area contributed by atoms with Crippen LogP contribution in [0.5, 0.6) is 0 Å². The summed E-state index contributed by atoms with van der Waals surface area (Å²) in [4.78, 5) is 3.34. The van der Waals surface area contributed by atoms with Crippen molar-refractivity contribution in [2.45, 2.75) is 19.8 Å². The van der Waals surface area contributed by atoms with Crippen LogP contribution in [0.1, 0.15) is 25.5 Å². The van der Waals surface area contributed by atoms with Crippen LogP contribution in [0, 0.1) is 0 Å². The number of nitrogens with one attached hydrogen (secondary N) is 1. The van der Waals surface area contributed by atoms with E-state index in [1.54, 1.807) is 0 Å². The molecule has 1 aromatic heterocycles. The van der Waals surface area contributed by atoms with Crippen LogP contribution in [0.2, 0.25) is 5.02 Å². The summed E-state index contributed by atoms with van der Waals surface area (Å²) in [6.07, 6.45) is 0. The number of halogens is 2. The Morgan fingerprint density at radius 3 is 2.64 bits per heavy atom. The van der Waals surface area contributed by atoms with Gasteiger partial charge >= 0.3 is 0 Å². The average molecular weight is 273 g/mol. The molecule has 74 valence electrons. The van der Waals surface area contributed by atoms with Gasteiger partial charge in [0.1, 0.15) is 0 Å². The Morgan fingerprint density at radius 2 is 2.07 bits per heavy atom. The van der Waals surface area contributed by atoms with E-state index in [1.165, 1.54) is 5.69 Å². The lowest BCUT2D eigenvalue weighted by atomic mass is 10.1. The van der Waals surface area contributed by atoms with Crippen molar-refractivity contribution in [3.05, 3.63) is 33.4 Å². The van der Waals surface area contributed by atoms with E-state index < -0.39 is 0 Å². The highest BCUT2D eigenvalue weighted by atomic mass is 79.9. The highest BCUT2D eigenvalue weighted by molar-refractivity contribution is 9.10. The van der Waals surface area contributed by atoms with Crippen molar-refractivity contribution in [2.75, 3.05) is 0 Å². The molecule has 14 heavy (non-hydrogen) atoms. The van der Waals surface area contributed by atoms with Gasteiger partial charge in [0.15, 0.2) is 0 Å². The molecule has 0 bridgehead atoms. The summed E-state index contributed by atoms with van der Waals surface area (Å²) in [7, 11) is 0. The molecule has 0 atom stereocenters. The standard InChI is InChI=1S/C11H11BrClN/c1-6(2)10-5-7-8(12)3-4-9(13)11(7)14-10/h3-6,14H,1-2H3. The molecule has 0 unspecified atom stereocenters. The van der Waals surface area contributed by atoms with Crippen LogP contribution >= 0.6 is 27.5 Å². The molecule has 1 heterocycles. The smallest absolute Gasteiger partial charge is 0.0656 e. The van der Waals surface area contributed by atoms with Gasteiger partial charge in [-0.25, -0.2) is 0 Å². The predicted octanol–water partition coefficient (Wildman–Crippen LogP) is 4.71. The largest absolute Gasteiger partial charge is 0.357 e. The minimum absolute atomic E-state index is 0.491. The fourth-order valence-electron chi connectivity index (χ4n) is 1.48. The van der Waals surface area contributed by atoms with Crippen molar-refractivity contribution in [2.24, 2.45) is 0 Å². The second kappa shape index (κ2) is 3.59. The zero-order valence-electron chi connectivity index (χ0n) is 8.07. The lowest BCUT2D eigenvalue weighted by molar-refractivity contribution is 0.836. The Kier molecular flexibility index (Phi) is 2.58. The predicted molar refractivity (Wildman–Crippen MR) is 65.1 cm³/mol. The Balaban J connectivity index is 2.75. The molecule has 2 rings (SSSR count). The molecular weight excluding hydrogens is 261 g/mol. The third-order valence-electron chi connectivity index (χ3n) is 2.33. The van der Waals surface area contributed by atoms with E-state index in [4.69, 9.17) is 11.6 Å².